The van der Waals surface area contributed by atoms with Gasteiger partial charge >= 0.3 is 0 Å². The van der Waals surface area contributed by atoms with Crippen LogP contribution in [-0.2, 0) is 9.59 Å². The van der Waals surface area contributed by atoms with Crippen LogP contribution < -0.4 is 10.2 Å². The molecule has 1 N–H and O–H groups in total. The molecular formula is C39H74N10O2. The van der Waals surface area contributed by atoms with Crippen molar-refractivity contribution in [1.82, 2.24) is 39.5 Å². The van der Waals surface area contributed by atoms with Crippen molar-refractivity contribution in [1.29, 1.82) is 0 Å². The number of unbranched alkanes of at least 4 members (excludes halogenated alkanes) is 3. The summed E-state index contributed by atoms with van der Waals surface area (Å²) < 4.78 is 0. The number of piperazine rings is 2. The molecule has 2 atom stereocenters. The average molecular weight is 715 g/mol. The Morgan fingerprint density at radius 3 is 1.65 bits per heavy atom. The van der Waals surface area contributed by atoms with Crippen LogP contribution in [0.5, 0.6) is 0 Å². The van der Waals surface area contributed by atoms with Crippen molar-refractivity contribution in [2.24, 2.45) is 0 Å². The van der Waals surface area contributed by atoms with Gasteiger partial charge in [0.1, 0.15) is 5.82 Å². The van der Waals surface area contributed by atoms with E-state index in [-0.39, 0.29) is 40.5 Å². The predicted molar refractivity (Wildman–Crippen MR) is 210 cm³/mol. The molecule has 0 aliphatic carbocycles. The number of nitrogens with one attached hydrogen (secondary N) is 1. The molecule has 0 saturated carbocycles. The molecule has 2 aliphatic heterocycles. The first kappa shape index (κ1) is 42.8. The third-order valence-corrected chi connectivity index (χ3v) is 11.7. The van der Waals surface area contributed by atoms with Gasteiger partial charge in [0.2, 0.25) is 23.7 Å². The van der Waals surface area contributed by atoms with Gasteiger partial charge in [-0.15, -0.1) is 0 Å². The van der Waals surface area contributed by atoms with E-state index < -0.39 is 11.1 Å². The van der Waals surface area contributed by atoms with Gasteiger partial charge in [0.25, 0.3) is 0 Å². The number of hydrogen-bond donors (Lipinski definition) is 1. The highest BCUT2D eigenvalue weighted by atomic mass is 16.2. The second-order valence-corrected chi connectivity index (χ2v) is 18.9. The molecule has 2 aliphatic rings. The smallest absolute Gasteiger partial charge is 0.242 e. The van der Waals surface area contributed by atoms with Crippen molar-refractivity contribution in [3.8, 4) is 0 Å². The van der Waals surface area contributed by atoms with E-state index in [9.17, 15) is 9.59 Å². The molecule has 12 heteroatoms. The largest absolute Gasteiger partial charge is 0.349 e. The summed E-state index contributed by atoms with van der Waals surface area (Å²) in [6.45, 7) is 34.1. The fraction of sp³-hybridized carbons (Fsp3) is 0.872. The lowest BCUT2D eigenvalue weighted by Gasteiger charge is -2.54. The van der Waals surface area contributed by atoms with E-state index in [2.05, 4.69) is 118 Å². The third kappa shape index (κ3) is 10.3. The number of likely N-dealkylation sites (N-methyl/N-ethyl adjacent to an activating group) is 3. The molecule has 0 bridgehead atoms. The van der Waals surface area contributed by atoms with Crippen LogP contribution in [0, 0.1) is 6.92 Å². The van der Waals surface area contributed by atoms with E-state index in [1.165, 1.54) is 0 Å². The normalized spacial score (nSPS) is 22.0. The minimum absolute atomic E-state index is 0.00691. The highest BCUT2D eigenvalue weighted by Gasteiger charge is 2.49. The van der Waals surface area contributed by atoms with Crippen molar-refractivity contribution in [3.05, 3.63) is 5.82 Å². The minimum atomic E-state index is -0.586. The lowest BCUT2D eigenvalue weighted by Crippen LogP contribution is -2.70. The van der Waals surface area contributed by atoms with Crippen molar-refractivity contribution >= 4 is 23.7 Å². The zero-order chi connectivity index (χ0) is 38.9. The molecule has 51 heavy (non-hydrogen) atoms. The third-order valence-electron chi connectivity index (χ3n) is 11.7. The maximum absolute atomic E-state index is 13.7. The number of hydrogen-bond acceptors (Lipinski definition) is 10. The lowest BCUT2D eigenvalue weighted by atomic mass is 9.87. The van der Waals surface area contributed by atoms with Gasteiger partial charge in [-0.3, -0.25) is 19.4 Å². The molecule has 292 valence electrons. The van der Waals surface area contributed by atoms with Crippen LogP contribution in [-0.4, -0.2) is 151 Å². The van der Waals surface area contributed by atoms with Crippen LogP contribution in [0.2, 0.25) is 0 Å². The first-order chi connectivity index (χ1) is 23.2. The van der Waals surface area contributed by atoms with Crippen molar-refractivity contribution in [3.63, 3.8) is 0 Å². The van der Waals surface area contributed by atoms with Crippen LogP contribution in [0.1, 0.15) is 122 Å². The van der Waals surface area contributed by atoms with E-state index in [1.54, 1.807) is 0 Å². The summed E-state index contributed by atoms with van der Waals surface area (Å²) in [5.74, 6) is 2.26. The zero-order valence-electron chi connectivity index (χ0n) is 35.6. The Morgan fingerprint density at radius 1 is 0.725 bits per heavy atom. The van der Waals surface area contributed by atoms with Crippen LogP contribution in [0.25, 0.3) is 0 Å². The topological polar surface area (TPSA) is 104 Å². The molecule has 0 spiro atoms. The monoisotopic (exact) mass is 715 g/mol. The van der Waals surface area contributed by atoms with Gasteiger partial charge in [0, 0.05) is 61.4 Å². The summed E-state index contributed by atoms with van der Waals surface area (Å²) in [6, 6.07) is 0.281. The van der Waals surface area contributed by atoms with Gasteiger partial charge < -0.3 is 24.9 Å². The van der Waals surface area contributed by atoms with Crippen molar-refractivity contribution < 1.29 is 9.59 Å². The maximum Gasteiger partial charge on any atom is 0.242 e. The Morgan fingerprint density at radius 2 is 1.18 bits per heavy atom. The van der Waals surface area contributed by atoms with Crippen LogP contribution >= 0.6 is 0 Å². The average Bonchev–Trinajstić information content (AvgIpc) is 2.99. The number of carbonyl (C=O) groups excluding carboxylic acids is 2. The highest BCUT2D eigenvalue weighted by Crippen LogP contribution is 2.33. The number of nitrogens with zero attached hydrogens (tertiary/aromatic N) is 9. The number of aromatic nitrogens is 3. The van der Waals surface area contributed by atoms with Crippen LogP contribution in [0.3, 0.4) is 0 Å². The first-order valence-corrected chi connectivity index (χ1v) is 19.2. The molecule has 2 saturated heterocycles. The van der Waals surface area contributed by atoms with Crippen LogP contribution in [0.15, 0.2) is 0 Å². The molecule has 0 aromatic carbocycles. The summed E-state index contributed by atoms with van der Waals surface area (Å²) in [6.07, 6.45) is 4.27. The van der Waals surface area contributed by atoms with Crippen molar-refractivity contribution in [2.75, 3.05) is 70.6 Å². The van der Waals surface area contributed by atoms with E-state index in [0.29, 0.717) is 30.8 Å². The van der Waals surface area contributed by atoms with E-state index in [0.717, 1.165) is 51.9 Å². The van der Waals surface area contributed by atoms with Crippen LogP contribution in [0.4, 0.5) is 11.9 Å². The quantitative estimate of drug-likeness (QED) is 0.246. The minimum Gasteiger partial charge on any atom is -0.349 e. The number of anilines is 2. The molecule has 12 nitrogen and oxygen atoms in total. The molecule has 3 rings (SSSR count). The highest BCUT2D eigenvalue weighted by molar-refractivity contribution is 5.87. The molecule has 3 heterocycles. The number of amides is 2. The van der Waals surface area contributed by atoms with Gasteiger partial charge in [-0.05, 0) is 137 Å². The summed E-state index contributed by atoms with van der Waals surface area (Å²) in [5, 5.41) is 3.43. The number of aryl methyl sites for hydroxylation is 1. The molecule has 2 unspecified atom stereocenters. The van der Waals surface area contributed by atoms with Gasteiger partial charge in [-0.25, -0.2) is 0 Å². The summed E-state index contributed by atoms with van der Waals surface area (Å²) in [5.41, 5.74) is -1.50. The zero-order valence-corrected chi connectivity index (χ0v) is 35.6. The Balaban J connectivity index is 1.64. The van der Waals surface area contributed by atoms with Gasteiger partial charge in [-0.1, -0.05) is 12.8 Å². The van der Waals surface area contributed by atoms with Gasteiger partial charge in [0.05, 0.1) is 11.1 Å². The van der Waals surface area contributed by atoms with E-state index >= 15 is 0 Å². The SMILES string of the molecule is Cc1nc(NC(C)(C)C)nc(N(CCCCCCN(C)C(C)CN2CC(C)(C)N(C)C(C)(C)C2=O)C(C)CN2CC(C)(C)N(C)C(C)(C)C2=O)n1. The second-order valence-electron chi connectivity index (χ2n) is 18.9. The lowest BCUT2D eigenvalue weighted by molar-refractivity contribution is -0.158. The van der Waals surface area contributed by atoms with Crippen molar-refractivity contribution in [2.45, 2.75) is 162 Å². The number of carbonyl (C=O) groups is 2. The molecule has 0 radical (unpaired) electrons. The van der Waals surface area contributed by atoms with E-state index in [4.69, 9.17) is 9.97 Å². The number of rotatable bonds is 15. The molecule has 1 aromatic heterocycles. The van der Waals surface area contributed by atoms with Gasteiger partial charge in [0.15, 0.2) is 0 Å². The second kappa shape index (κ2) is 15.8. The first-order valence-electron chi connectivity index (χ1n) is 19.2. The Hall–Kier alpha value is -2.57. The molecular weight excluding hydrogens is 640 g/mol. The Kier molecular flexibility index (Phi) is 13.3. The Labute approximate surface area is 311 Å². The summed E-state index contributed by atoms with van der Waals surface area (Å²) in [7, 11) is 6.29. The van der Waals surface area contributed by atoms with E-state index in [1.807, 2.05) is 39.5 Å². The fourth-order valence-corrected chi connectivity index (χ4v) is 7.76. The van der Waals surface area contributed by atoms with Gasteiger partial charge in [-0.2, -0.15) is 15.0 Å². The summed E-state index contributed by atoms with van der Waals surface area (Å²) >= 11 is 0. The molecule has 2 fully saturated rings. The molecule has 2 amide bonds. The fourth-order valence-electron chi connectivity index (χ4n) is 7.76. The summed E-state index contributed by atoms with van der Waals surface area (Å²) in [4.78, 5) is 54.6. The molecule has 1 aromatic rings. The predicted octanol–water partition coefficient (Wildman–Crippen LogP) is 5.13. The Bertz CT molecular complexity index is 1350. The standard InChI is InChI=1S/C39H74N10O2/c1-28(24-47-26-36(7,8)45(16)38(11,12)31(47)50)44(15)22-20-18-19-21-23-49(34-41-30(3)40-33(42-34)43-35(4,5)6)29(2)25-48-27-37(9,10)46(17)39(13,14)32(48)51/h28-29H,18-27H2,1-17H3,(H,40,41,42,43). The maximum atomic E-state index is 13.7.